The van der Waals surface area contributed by atoms with Crippen LogP contribution in [-0.2, 0) is 4.57 Å². The van der Waals surface area contributed by atoms with Gasteiger partial charge in [0.15, 0.2) is 0 Å². The highest BCUT2D eigenvalue weighted by atomic mass is 35.9. The topological polar surface area (TPSA) is 17.1 Å². The summed E-state index contributed by atoms with van der Waals surface area (Å²) in [5.74, 6) is 2.58. The second-order valence-corrected chi connectivity index (χ2v) is 13.4. The van der Waals surface area contributed by atoms with Gasteiger partial charge in [-0.25, -0.2) is 0 Å². The number of thiol groups is 2. The second-order valence-electron chi connectivity index (χ2n) is 1.17. The minimum Gasteiger partial charge on any atom is -0.278 e. The van der Waals surface area contributed by atoms with Crippen molar-refractivity contribution in [3.05, 3.63) is 0 Å². The van der Waals surface area contributed by atoms with Gasteiger partial charge in [0.05, 0.1) is 5.75 Å². The molecule has 0 aliphatic rings. The lowest BCUT2D eigenvalue weighted by Crippen LogP contribution is -1.70. The van der Waals surface area contributed by atoms with Crippen LogP contribution in [0.3, 0.4) is 0 Å². The highest BCUT2D eigenvalue weighted by Gasteiger charge is 2.19. The molecule has 54 valence electrons. The molecule has 0 aromatic carbocycles. The van der Waals surface area contributed by atoms with Crippen LogP contribution in [0.2, 0.25) is 0 Å². The van der Waals surface area contributed by atoms with E-state index in [1.807, 2.05) is 0 Å². The molecule has 0 fully saturated rings. The molecule has 6 heteroatoms. The zero-order valence-electron chi connectivity index (χ0n) is 4.29. The smallest absolute Gasteiger partial charge is 0.278 e. The Morgan fingerprint density at radius 2 is 2.22 bits per heavy atom. The summed E-state index contributed by atoms with van der Waals surface area (Å²) < 4.78 is 10.7. The van der Waals surface area contributed by atoms with Crippen molar-refractivity contribution in [1.29, 1.82) is 0 Å². The van der Waals surface area contributed by atoms with Crippen LogP contribution < -0.4 is 0 Å². The van der Waals surface area contributed by atoms with Crippen LogP contribution in [0, 0.1) is 12.3 Å². The molecule has 0 saturated heterocycles. The highest BCUT2D eigenvalue weighted by molar-refractivity contribution is 9.09. The van der Waals surface area contributed by atoms with Gasteiger partial charge in [-0.1, -0.05) is 5.92 Å². The standard InChI is InChI=1S/C3H5Cl2OPS2/c1-2-3-9(8)7(4,5)6/h1,8-9H,3H2. The quantitative estimate of drug-likeness (QED) is 0.318. The lowest BCUT2D eigenvalue weighted by Gasteiger charge is -2.10. The molecule has 0 aromatic rings. The van der Waals surface area contributed by atoms with Crippen LogP contribution in [0.5, 0.6) is 0 Å². The van der Waals surface area contributed by atoms with E-state index in [2.05, 4.69) is 17.6 Å². The van der Waals surface area contributed by atoms with Gasteiger partial charge >= 0.3 is 0 Å². The molecule has 0 aliphatic carbocycles. The maximum Gasteiger partial charge on any atom is 0.297 e. The van der Waals surface area contributed by atoms with Crippen LogP contribution in [0.1, 0.15) is 0 Å². The van der Waals surface area contributed by atoms with Crippen molar-refractivity contribution in [2.45, 2.75) is 0 Å². The first-order valence-electron chi connectivity index (χ1n) is 1.88. The van der Waals surface area contributed by atoms with Crippen molar-refractivity contribution in [3.8, 4) is 12.3 Å². The summed E-state index contributed by atoms with van der Waals surface area (Å²) in [4.78, 5) is 0. The largest absolute Gasteiger partial charge is 0.297 e. The van der Waals surface area contributed by atoms with Crippen molar-refractivity contribution in [2.75, 3.05) is 5.75 Å². The molecule has 0 N–H and O–H groups in total. The summed E-state index contributed by atoms with van der Waals surface area (Å²) in [6.07, 6.45) is 4.91. The van der Waals surface area contributed by atoms with E-state index in [-0.39, 0.29) is 0 Å². The molecule has 0 saturated carbocycles. The maximum absolute atomic E-state index is 10.7. The maximum atomic E-state index is 10.7. The average molecular weight is 223 g/mol. The Balaban J connectivity index is 3.93. The fourth-order valence-corrected chi connectivity index (χ4v) is 2.44. The van der Waals surface area contributed by atoms with Crippen molar-refractivity contribution >= 4 is 48.7 Å². The van der Waals surface area contributed by atoms with Gasteiger partial charge in [-0.2, -0.15) is 0 Å². The lowest BCUT2D eigenvalue weighted by atomic mass is 10.8. The number of hydrogen-bond acceptors (Lipinski definition) is 2. The van der Waals surface area contributed by atoms with Gasteiger partial charge in [0, 0.05) is 0 Å². The lowest BCUT2D eigenvalue weighted by molar-refractivity contribution is 0.600. The van der Waals surface area contributed by atoms with Gasteiger partial charge in [-0.3, -0.25) is 4.57 Å². The van der Waals surface area contributed by atoms with Gasteiger partial charge in [0.1, 0.15) is 0 Å². The minimum absolute atomic E-state index is 0.294. The third-order valence-corrected chi connectivity index (χ3v) is 11.4. The van der Waals surface area contributed by atoms with Crippen molar-refractivity contribution in [2.24, 2.45) is 0 Å². The molecule has 0 heterocycles. The summed E-state index contributed by atoms with van der Waals surface area (Å²) >= 11 is 14.4. The third kappa shape index (κ3) is 4.47. The normalized spacial score (nSPS) is 16.4. The van der Waals surface area contributed by atoms with E-state index >= 15 is 0 Å². The summed E-state index contributed by atoms with van der Waals surface area (Å²) in [6, 6.07) is 0. The first kappa shape index (κ1) is 10.1. The van der Waals surface area contributed by atoms with E-state index in [0.29, 0.717) is 5.75 Å². The first-order valence-corrected chi connectivity index (χ1v) is 8.78. The number of terminal acetylenes is 1. The first-order chi connectivity index (χ1) is 3.98. The molecule has 1 nitrogen and oxygen atoms in total. The fraction of sp³-hybridized carbons (Fsp3) is 0.333. The van der Waals surface area contributed by atoms with Gasteiger partial charge in [0.2, 0.25) is 0 Å². The monoisotopic (exact) mass is 222 g/mol. The Hall–Kier alpha value is 1.07. The van der Waals surface area contributed by atoms with Crippen molar-refractivity contribution in [3.63, 3.8) is 0 Å². The van der Waals surface area contributed by atoms with E-state index in [9.17, 15) is 4.57 Å². The van der Waals surface area contributed by atoms with Crippen molar-refractivity contribution in [1.82, 2.24) is 0 Å². The third-order valence-electron chi connectivity index (χ3n) is 0.501. The number of hydrogen-bond donors (Lipinski definition) is 2. The Labute approximate surface area is 71.3 Å². The molecule has 0 bridgehead atoms. The zero-order chi connectivity index (χ0) is 7.49. The predicted octanol–water partition coefficient (Wildman–Crippen LogP) is 3.05. The minimum atomic E-state index is -3.04. The molecular formula is C3H5Cl2OPS2. The van der Waals surface area contributed by atoms with Crippen LogP contribution in [0.4, 0.5) is 0 Å². The average Bonchev–Trinajstić information content (AvgIpc) is 1.64. The molecule has 0 aromatic heterocycles. The summed E-state index contributed by atoms with van der Waals surface area (Å²) in [7, 11) is -1.18. The molecule has 0 spiro atoms. The van der Waals surface area contributed by atoms with Crippen LogP contribution in [-0.4, -0.2) is 5.75 Å². The van der Waals surface area contributed by atoms with E-state index in [4.69, 9.17) is 28.9 Å². The predicted molar refractivity (Wildman–Crippen MR) is 51.0 cm³/mol. The van der Waals surface area contributed by atoms with Crippen LogP contribution >= 0.6 is 48.7 Å². The van der Waals surface area contributed by atoms with Gasteiger partial charge in [-0.05, 0) is 22.5 Å². The van der Waals surface area contributed by atoms with E-state index < -0.39 is 14.6 Å². The Bertz CT molecular complexity index is 171. The summed E-state index contributed by atoms with van der Waals surface area (Å²) in [5, 5.41) is -3.04. The molecule has 9 heavy (non-hydrogen) atoms. The fourth-order valence-electron chi connectivity index (χ4n) is 0.164. The molecule has 0 amide bonds. The summed E-state index contributed by atoms with van der Waals surface area (Å²) in [6.45, 7) is 0. The molecule has 1 unspecified atom stereocenters. The van der Waals surface area contributed by atoms with E-state index in [1.165, 1.54) is 0 Å². The van der Waals surface area contributed by atoms with Gasteiger partial charge < -0.3 is 0 Å². The van der Waals surface area contributed by atoms with Crippen LogP contribution in [0.25, 0.3) is 0 Å². The molecule has 0 radical (unpaired) electrons. The molecule has 0 rings (SSSR count). The number of rotatable bonds is 2. The molecular weight excluding hydrogens is 218 g/mol. The highest BCUT2D eigenvalue weighted by Crippen LogP contribution is 2.78. The zero-order valence-corrected chi connectivity index (χ0v) is 8.49. The van der Waals surface area contributed by atoms with Crippen molar-refractivity contribution < 1.29 is 4.57 Å². The van der Waals surface area contributed by atoms with E-state index in [1.54, 1.807) is 0 Å². The molecule has 0 aliphatic heterocycles. The number of halogens is 2. The Morgan fingerprint density at radius 3 is 2.33 bits per heavy atom. The van der Waals surface area contributed by atoms with E-state index in [0.717, 1.165) is 0 Å². The second kappa shape index (κ2) is 4.05. The van der Waals surface area contributed by atoms with Gasteiger partial charge in [0.25, 0.3) is 5.05 Å². The van der Waals surface area contributed by atoms with Gasteiger partial charge in [-0.15, -0.1) is 27.6 Å². The Morgan fingerprint density at radius 1 is 1.78 bits per heavy atom. The van der Waals surface area contributed by atoms with Crippen LogP contribution in [0.15, 0.2) is 0 Å². The molecule has 1 atom stereocenters. The summed E-state index contributed by atoms with van der Waals surface area (Å²) in [5.41, 5.74) is 0. The Kier molecular flexibility index (Phi) is 4.54. The SMILES string of the molecule is C#CC[SH](S)P(=O)(Cl)Cl.